The number of furan rings is 1. The van der Waals surface area contributed by atoms with Crippen LogP contribution in [0.4, 0.5) is 19.0 Å². The van der Waals surface area contributed by atoms with Crippen molar-refractivity contribution in [3.8, 4) is 0 Å². The van der Waals surface area contributed by atoms with Gasteiger partial charge in [0.1, 0.15) is 11.6 Å². The normalized spacial score (nSPS) is 18.3. The van der Waals surface area contributed by atoms with Gasteiger partial charge in [-0.3, -0.25) is 4.79 Å². The molecule has 2 aromatic rings. The van der Waals surface area contributed by atoms with E-state index in [-0.39, 0.29) is 34.4 Å². The molecular formula is C23H30F3N5O2S. The number of piperazine rings is 1. The average molecular weight is 498 g/mol. The van der Waals surface area contributed by atoms with Crippen molar-refractivity contribution in [2.75, 3.05) is 45.2 Å². The Hall–Kier alpha value is -2.27. The summed E-state index contributed by atoms with van der Waals surface area (Å²) in [6.07, 6.45) is 0.628. The minimum Gasteiger partial charge on any atom is -0.455 e. The summed E-state index contributed by atoms with van der Waals surface area (Å²) in [7, 11) is 3.81. The van der Waals surface area contributed by atoms with Gasteiger partial charge in [0, 0.05) is 45.3 Å². The van der Waals surface area contributed by atoms with Gasteiger partial charge in [0.25, 0.3) is 5.91 Å². The Morgan fingerprint density at radius 1 is 1.15 bits per heavy atom. The zero-order valence-corrected chi connectivity index (χ0v) is 20.3. The Morgan fingerprint density at radius 2 is 1.85 bits per heavy atom. The number of aromatic nitrogens is 2. The Balaban J connectivity index is 1.45. The lowest BCUT2D eigenvalue weighted by molar-refractivity contribution is -0.141. The molecule has 1 aliphatic carbocycles. The number of nitrogens with zero attached hydrogens (tertiary/aromatic N) is 5. The third-order valence-electron chi connectivity index (χ3n) is 6.47. The number of rotatable bonds is 6. The predicted octanol–water partition coefficient (Wildman–Crippen LogP) is 4.54. The van der Waals surface area contributed by atoms with Gasteiger partial charge in [-0.05, 0) is 32.0 Å². The molecule has 0 aromatic carbocycles. The second-order valence-corrected chi connectivity index (χ2v) is 9.89. The molecule has 2 aliphatic rings. The van der Waals surface area contributed by atoms with Gasteiger partial charge in [0.05, 0.1) is 5.75 Å². The van der Waals surface area contributed by atoms with Gasteiger partial charge >= 0.3 is 6.18 Å². The number of alkyl halides is 3. The first-order chi connectivity index (χ1) is 16.2. The fourth-order valence-corrected chi connectivity index (χ4v) is 5.08. The molecule has 0 spiro atoms. The van der Waals surface area contributed by atoms with E-state index in [9.17, 15) is 18.0 Å². The van der Waals surface area contributed by atoms with E-state index in [0.717, 1.165) is 63.0 Å². The summed E-state index contributed by atoms with van der Waals surface area (Å²) in [5.41, 5.74) is -0.951. The summed E-state index contributed by atoms with van der Waals surface area (Å²) in [6, 6.07) is 4.50. The zero-order valence-electron chi connectivity index (χ0n) is 19.5. The quantitative estimate of drug-likeness (QED) is 0.429. The molecule has 1 saturated carbocycles. The average Bonchev–Trinajstić information content (AvgIpc) is 3.31. The molecule has 3 heterocycles. The molecule has 0 bridgehead atoms. The van der Waals surface area contributed by atoms with Crippen LogP contribution < -0.4 is 4.90 Å². The number of likely N-dealkylation sites (N-methyl/N-ethyl adjacent to an activating group) is 1. The number of anilines is 1. The molecule has 1 aliphatic heterocycles. The fraction of sp³-hybridized carbons (Fsp3) is 0.609. The first kappa shape index (κ1) is 24.8. The molecule has 1 saturated heterocycles. The van der Waals surface area contributed by atoms with Crippen molar-refractivity contribution in [3.05, 3.63) is 35.4 Å². The lowest BCUT2D eigenvalue weighted by Crippen LogP contribution is -2.47. The maximum Gasteiger partial charge on any atom is 0.433 e. The van der Waals surface area contributed by atoms with Crippen molar-refractivity contribution in [1.29, 1.82) is 0 Å². The number of hydrogen-bond acceptors (Lipinski definition) is 7. The highest BCUT2D eigenvalue weighted by atomic mass is 32.2. The lowest BCUT2D eigenvalue weighted by Gasteiger charge is -2.32. The van der Waals surface area contributed by atoms with Gasteiger partial charge in [0.15, 0.2) is 16.6 Å². The zero-order chi connectivity index (χ0) is 24.3. The van der Waals surface area contributed by atoms with Crippen LogP contribution >= 0.6 is 11.8 Å². The van der Waals surface area contributed by atoms with Crippen LogP contribution in [0, 0.1) is 0 Å². The minimum absolute atomic E-state index is 0.0378. The second kappa shape index (κ2) is 10.6. The van der Waals surface area contributed by atoms with Crippen molar-refractivity contribution in [1.82, 2.24) is 19.8 Å². The second-order valence-electron chi connectivity index (χ2n) is 8.94. The van der Waals surface area contributed by atoms with Crippen LogP contribution in [-0.4, -0.2) is 72.0 Å². The number of carbonyl (C=O) groups excluding carboxylic acids is 1. The van der Waals surface area contributed by atoms with Crippen molar-refractivity contribution in [2.45, 2.75) is 55.2 Å². The van der Waals surface area contributed by atoms with Crippen molar-refractivity contribution in [2.24, 2.45) is 0 Å². The lowest BCUT2D eigenvalue weighted by atomic mass is 9.94. The third-order valence-corrected chi connectivity index (χ3v) is 7.34. The molecule has 0 radical (unpaired) electrons. The summed E-state index contributed by atoms with van der Waals surface area (Å²) in [6.45, 7) is 2.88. The Morgan fingerprint density at radius 3 is 2.53 bits per heavy atom. The van der Waals surface area contributed by atoms with E-state index >= 15 is 0 Å². The maximum absolute atomic E-state index is 13.5. The van der Waals surface area contributed by atoms with Crippen LogP contribution in [0.3, 0.4) is 0 Å². The van der Waals surface area contributed by atoms with Gasteiger partial charge in [-0.1, -0.05) is 31.0 Å². The molecule has 0 atom stereocenters. The van der Waals surface area contributed by atoms with E-state index in [2.05, 4.69) is 14.9 Å². The molecule has 1 amide bonds. The molecule has 11 heteroatoms. The predicted molar refractivity (Wildman–Crippen MR) is 124 cm³/mol. The number of amides is 1. The third kappa shape index (κ3) is 6.04. The van der Waals surface area contributed by atoms with Gasteiger partial charge in [-0.25, -0.2) is 9.97 Å². The van der Waals surface area contributed by atoms with E-state index in [4.69, 9.17) is 4.42 Å². The summed E-state index contributed by atoms with van der Waals surface area (Å²) < 4.78 is 46.3. The monoisotopic (exact) mass is 497 g/mol. The molecule has 4 rings (SSSR count). The minimum atomic E-state index is -4.56. The van der Waals surface area contributed by atoms with Crippen LogP contribution in [0.15, 0.2) is 27.8 Å². The van der Waals surface area contributed by atoms with Crippen LogP contribution in [0.25, 0.3) is 0 Å². The van der Waals surface area contributed by atoms with Gasteiger partial charge in [-0.2, -0.15) is 13.2 Å². The number of thioether (sulfide) groups is 1. The Kier molecular flexibility index (Phi) is 7.71. The highest BCUT2D eigenvalue weighted by Crippen LogP contribution is 2.34. The van der Waals surface area contributed by atoms with Crippen LogP contribution in [0.2, 0.25) is 0 Å². The molecule has 7 nitrogen and oxygen atoms in total. The van der Waals surface area contributed by atoms with E-state index in [1.165, 1.54) is 0 Å². The van der Waals surface area contributed by atoms with E-state index in [1.54, 1.807) is 24.1 Å². The largest absolute Gasteiger partial charge is 0.455 e. The highest BCUT2D eigenvalue weighted by molar-refractivity contribution is 7.98. The van der Waals surface area contributed by atoms with Gasteiger partial charge < -0.3 is 19.1 Å². The molecule has 0 unspecified atom stereocenters. The number of carbonyl (C=O) groups is 1. The van der Waals surface area contributed by atoms with E-state index < -0.39 is 11.9 Å². The topological polar surface area (TPSA) is 65.7 Å². The molecule has 34 heavy (non-hydrogen) atoms. The fourth-order valence-electron chi connectivity index (χ4n) is 4.33. The summed E-state index contributed by atoms with van der Waals surface area (Å²) in [5.74, 6) is 1.07. The first-order valence-corrected chi connectivity index (χ1v) is 12.6. The highest BCUT2D eigenvalue weighted by Gasteiger charge is 2.35. The SMILES string of the molecule is CN1CCN(C(=O)c2ccc(CSc3nc(N(C)C4CCCCC4)cc(C(F)(F)F)n3)o2)CC1. The van der Waals surface area contributed by atoms with E-state index in [1.807, 2.05) is 11.9 Å². The molecule has 186 valence electrons. The molecule has 2 aromatic heterocycles. The van der Waals surface area contributed by atoms with Crippen LogP contribution in [0.5, 0.6) is 0 Å². The first-order valence-electron chi connectivity index (χ1n) is 11.6. The van der Waals surface area contributed by atoms with Gasteiger partial charge in [-0.15, -0.1) is 0 Å². The molecular weight excluding hydrogens is 467 g/mol. The number of halogens is 3. The number of hydrogen-bond donors (Lipinski definition) is 0. The van der Waals surface area contributed by atoms with Crippen molar-refractivity contribution >= 4 is 23.5 Å². The van der Waals surface area contributed by atoms with E-state index in [0.29, 0.717) is 18.8 Å². The van der Waals surface area contributed by atoms with Crippen molar-refractivity contribution < 1.29 is 22.4 Å². The van der Waals surface area contributed by atoms with Gasteiger partial charge in [0.2, 0.25) is 0 Å². The Labute approximate surface area is 201 Å². The standard InChI is InChI=1S/C23H30F3N5O2S/c1-29-10-12-31(13-11-29)21(32)18-9-8-17(33-18)15-34-22-27-19(23(24,25)26)14-20(28-22)30(2)16-6-4-3-5-7-16/h8-9,14,16H,3-7,10-13,15H2,1-2H3. The molecule has 2 fully saturated rings. The summed E-state index contributed by atoms with van der Waals surface area (Å²) >= 11 is 1.07. The summed E-state index contributed by atoms with van der Waals surface area (Å²) in [5, 5.41) is 0.0378. The maximum atomic E-state index is 13.5. The smallest absolute Gasteiger partial charge is 0.433 e. The van der Waals surface area contributed by atoms with Crippen LogP contribution in [-0.2, 0) is 11.9 Å². The van der Waals surface area contributed by atoms with Crippen molar-refractivity contribution in [3.63, 3.8) is 0 Å². The Bertz CT molecular complexity index is 985. The van der Waals surface area contributed by atoms with Crippen LogP contribution in [0.1, 0.15) is 54.1 Å². The molecule has 0 N–H and O–H groups in total. The summed E-state index contributed by atoms with van der Waals surface area (Å²) in [4.78, 5) is 26.6.